The van der Waals surface area contributed by atoms with Crippen molar-refractivity contribution in [3.63, 3.8) is 0 Å². The largest absolute Gasteiger partial charge is 0.388 e. The Morgan fingerprint density at radius 3 is 1.33 bits per heavy atom. The molecule has 0 aliphatic carbocycles. The lowest BCUT2D eigenvalue weighted by Gasteiger charge is -2.06. The minimum atomic E-state index is 1.10. The minimum Gasteiger partial charge on any atom is -0.388 e. The van der Waals surface area contributed by atoms with Crippen molar-refractivity contribution in [2.75, 3.05) is 17.7 Å². The molecule has 0 spiro atoms. The Morgan fingerprint density at radius 1 is 0.524 bits per heavy atom. The fourth-order valence-electron chi connectivity index (χ4n) is 1.41. The van der Waals surface area contributed by atoms with E-state index in [2.05, 4.69) is 22.8 Å². The normalized spacial score (nSPS) is 7.76. The lowest BCUT2D eigenvalue weighted by atomic mass is 10.2. The zero-order chi connectivity index (χ0) is 16.5. The summed E-state index contributed by atoms with van der Waals surface area (Å²) in [5.41, 5.74) is 3.32. The molecule has 0 saturated carbocycles. The summed E-state index contributed by atoms with van der Waals surface area (Å²) >= 11 is 0. The number of hydrogen-bond donors (Lipinski definition) is 2. The summed E-state index contributed by atoms with van der Waals surface area (Å²) in [6.45, 7) is 12.0. The molecule has 0 amide bonds. The molecule has 2 heteroatoms. The maximum atomic E-state index is 3.33. The molecule has 0 radical (unpaired) electrons. The fraction of sp³-hybridized carbons (Fsp3) is 0.368. The summed E-state index contributed by atoms with van der Waals surface area (Å²) < 4.78 is 0. The maximum absolute atomic E-state index is 3.33. The zero-order valence-electron chi connectivity index (χ0n) is 14.7. The van der Waals surface area contributed by atoms with Crippen molar-refractivity contribution < 1.29 is 0 Å². The Bertz CT molecular complexity index is 407. The third kappa shape index (κ3) is 9.55. The SMILES string of the molecule is CC.CC.CC.CNc1ccc(Nc2ccccc2)cc1. The van der Waals surface area contributed by atoms with Gasteiger partial charge in [0.05, 0.1) is 0 Å². The number of hydrogen-bond acceptors (Lipinski definition) is 2. The van der Waals surface area contributed by atoms with Crippen LogP contribution in [0.25, 0.3) is 0 Å². The summed E-state index contributed by atoms with van der Waals surface area (Å²) in [7, 11) is 1.92. The van der Waals surface area contributed by atoms with Crippen LogP contribution in [0.5, 0.6) is 0 Å². The minimum absolute atomic E-state index is 1.10. The molecule has 0 saturated heterocycles. The predicted octanol–water partition coefficient (Wildman–Crippen LogP) is 6.55. The summed E-state index contributed by atoms with van der Waals surface area (Å²) in [5, 5.41) is 6.42. The third-order valence-electron chi connectivity index (χ3n) is 2.24. The average Bonchev–Trinajstić information content (AvgIpc) is 2.62. The van der Waals surface area contributed by atoms with Gasteiger partial charge in [-0.2, -0.15) is 0 Å². The van der Waals surface area contributed by atoms with Gasteiger partial charge in [0.1, 0.15) is 0 Å². The van der Waals surface area contributed by atoms with E-state index in [4.69, 9.17) is 0 Å². The van der Waals surface area contributed by atoms with E-state index in [1.807, 2.05) is 91.1 Å². The molecule has 2 aromatic carbocycles. The highest BCUT2D eigenvalue weighted by molar-refractivity contribution is 5.62. The summed E-state index contributed by atoms with van der Waals surface area (Å²) in [5.74, 6) is 0. The molecule has 2 nitrogen and oxygen atoms in total. The highest BCUT2D eigenvalue weighted by Crippen LogP contribution is 2.17. The first-order chi connectivity index (χ1) is 10.4. The van der Waals surface area contributed by atoms with Gasteiger partial charge in [-0.1, -0.05) is 59.7 Å². The van der Waals surface area contributed by atoms with Gasteiger partial charge in [-0.25, -0.2) is 0 Å². The van der Waals surface area contributed by atoms with Crippen molar-refractivity contribution in [3.05, 3.63) is 54.6 Å². The van der Waals surface area contributed by atoms with Gasteiger partial charge < -0.3 is 10.6 Å². The van der Waals surface area contributed by atoms with Gasteiger partial charge in [0.2, 0.25) is 0 Å². The number of benzene rings is 2. The van der Waals surface area contributed by atoms with Gasteiger partial charge in [-0.05, 0) is 36.4 Å². The highest BCUT2D eigenvalue weighted by Gasteiger charge is 1.93. The molecule has 0 unspecified atom stereocenters. The van der Waals surface area contributed by atoms with E-state index < -0.39 is 0 Å². The zero-order valence-corrected chi connectivity index (χ0v) is 14.7. The maximum Gasteiger partial charge on any atom is 0.0385 e. The van der Waals surface area contributed by atoms with Crippen LogP contribution in [0.2, 0.25) is 0 Å². The molecule has 2 aromatic rings. The molecule has 0 aliphatic heterocycles. The standard InChI is InChI=1S/C13H14N2.3C2H6/c1-14-11-7-9-13(10-8-11)15-12-5-3-2-4-6-12;3*1-2/h2-10,14-15H,1H3;3*1-2H3. The van der Waals surface area contributed by atoms with Crippen molar-refractivity contribution in [3.8, 4) is 0 Å². The molecule has 0 aromatic heterocycles. The lowest BCUT2D eigenvalue weighted by molar-refractivity contribution is 1.49. The average molecular weight is 288 g/mol. The molecule has 118 valence electrons. The smallest absolute Gasteiger partial charge is 0.0385 e. The first-order valence-electron chi connectivity index (χ1n) is 7.98. The van der Waals surface area contributed by atoms with Gasteiger partial charge >= 0.3 is 0 Å². The second-order valence-electron chi connectivity index (χ2n) is 3.32. The van der Waals surface area contributed by atoms with Crippen molar-refractivity contribution in [1.29, 1.82) is 0 Å². The predicted molar refractivity (Wildman–Crippen MR) is 99.8 cm³/mol. The Morgan fingerprint density at radius 2 is 0.905 bits per heavy atom. The number of nitrogens with one attached hydrogen (secondary N) is 2. The van der Waals surface area contributed by atoms with Crippen molar-refractivity contribution >= 4 is 17.1 Å². The molecule has 0 heterocycles. The summed E-state index contributed by atoms with van der Waals surface area (Å²) in [4.78, 5) is 0. The Labute approximate surface area is 131 Å². The molecule has 2 N–H and O–H groups in total. The Balaban J connectivity index is 0. The molecular formula is C19H32N2. The van der Waals surface area contributed by atoms with E-state index in [0.29, 0.717) is 0 Å². The van der Waals surface area contributed by atoms with Gasteiger partial charge in [0, 0.05) is 24.1 Å². The molecule has 0 aliphatic rings. The quantitative estimate of drug-likeness (QED) is 0.669. The Hall–Kier alpha value is -1.96. The van der Waals surface area contributed by atoms with Crippen LogP contribution in [0.3, 0.4) is 0 Å². The molecule has 21 heavy (non-hydrogen) atoms. The fourth-order valence-corrected chi connectivity index (χ4v) is 1.41. The van der Waals surface area contributed by atoms with E-state index in [9.17, 15) is 0 Å². The second kappa shape index (κ2) is 16.1. The van der Waals surface area contributed by atoms with E-state index in [-0.39, 0.29) is 0 Å². The van der Waals surface area contributed by atoms with Crippen LogP contribution in [0.1, 0.15) is 41.5 Å². The van der Waals surface area contributed by atoms with E-state index in [0.717, 1.165) is 17.1 Å². The van der Waals surface area contributed by atoms with Crippen LogP contribution in [-0.4, -0.2) is 7.05 Å². The first-order valence-corrected chi connectivity index (χ1v) is 7.98. The number of para-hydroxylation sites is 1. The molecular weight excluding hydrogens is 256 g/mol. The van der Waals surface area contributed by atoms with E-state index in [1.54, 1.807) is 0 Å². The van der Waals surface area contributed by atoms with Gasteiger partial charge in [0.25, 0.3) is 0 Å². The molecule has 0 atom stereocenters. The highest BCUT2D eigenvalue weighted by atomic mass is 14.9. The van der Waals surface area contributed by atoms with Gasteiger partial charge in [0.15, 0.2) is 0 Å². The molecule has 0 bridgehead atoms. The van der Waals surface area contributed by atoms with Crippen LogP contribution < -0.4 is 10.6 Å². The first kappa shape index (κ1) is 21.3. The Kier molecular flexibility index (Phi) is 16.4. The lowest BCUT2D eigenvalue weighted by Crippen LogP contribution is -1.91. The monoisotopic (exact) mass is 288 g/mol. The summed E-state index contributed by atoms with van der Waals surface area (Å²) in [6, 6.07) is 18.3. The second-order valence-corrected chi connectivity index (χ2v) is 3.32. The topological polar surface area (TPSA) is 24.1 Å². The van der Waals surface area contributed by atoms with Crippen LogP contribution in [0, 0.1) is 0 Å². The van der Waals surface area contributed by atoms with Crippen LogP contribution in [0.15, 0.2) is 54.6 Å². The van der Waals surface area contributed by atoms with Crippen LogP contribution in [0.4, 0.5) is 17.1 Å². The van der Waals surface area contributed by atoms with E-state index >= 15 is 0 Å². The van der Waals surface area contributed by atoms with Crippen molar-refractivity contribution in [2.45, 2.75) is 41.5 Å². The van der Waals surface area contributed by atoms with E-state index in [1.165, 1.54) is 0 Å². The van der Waals surface area contributed by atoms with Crippen molar-refractivity contribution in [2.24, 2.45) is 0 Å². The van der Waals surface area contributed by atoms with Crippen LogP contribution in [-0.2, 0) is 0 Å². The van der Waals surface area contributed by atoms with Gasteiger partial charge in [-0.15, -0.1) is 0 Å². The summed E-state index contributed by atoms with van der Waals surface area (Å²) in [6.07, 6.45) is 0. The van der Waals surface area contributed by atoms with Gasteiger partial charge in [-0.3, -0.25) is 0 Å². The number of rotatable bonds is 3. The molecule has 2 rings (SSSR count). The van der Waals surface area contributed by atoms with Crippen LogP contribution >= 0.6 is 0 Å². The number of anilines is 3. The third-order valence-corrected chi connectivity index (χ3v) is 2.24. The van der Waals surface area contributed by atoms with Crippen molar-refractivity contribution in [1.82, 2.24) is 0 Å². The molecule has 0 fully saturated rings.